The van der Waals surface area contributed by atoms with Gasteiger partial charge in [-0.05, 0) is 48.9 Å². The van der Waals surface area contributed by atoms with E-state index in [0.29, 0.717) is 17.5 Å². The molecule has 1 atom stereocenters. The number of nitrogens with one attached hydrogen (secondary N) is 1. The van der Waals surface area contributed by atoms with Gasteiger partial charge in [-0.2, -0.15) is 15.3 Å². The molecule has 7 heteroatoms. The monoisotopic (exact) mass is 393 g/mol. The topological polar surface area (TPSA) is 74.8 Å². The van der Waals surface area contributed by atoms with Gasteiger partial charge in [0.1, 0.15) is 5.69 Å². The highest BCUT2D eigenvalue weighted by atomic mass is 35.5. The molecule has 3 heterocycles. The Morgan fingerprint density at radius 3 is 2.61 bits per heavy atom. The predicted octanol–water partition coefficient (Wildman–Crippen LogP) is 4.03. The minimum absolute atomic E-state index is 0.0409. The summed E-state index contributed by atoms with van der Waals surface area (Å²) in [5, 5.41) is 16.0. The van der Waals surface area contributed by atoms with Gasteiger partial charge in [0.25, 0.3) is 5.91 Å². The largest absolute Gasteiger partial charge is 0.337 e. The molecule has 0 bridgehead atoms. The number of benzene rings is 1. The van der Waals surface area contributed by atoms with Crippen LogP contribution in [0.3, 0.4) is 0 Å². The second-order valence-electron chi connectivity index (χ2n) is 7.55. The lowest BCUT2D eigenvalue weighted by atomic mass is 9.99. The number of amides is 1. The highest BCUT2D eigenvalue weighted by Crippen LogP contribution is 2.45. The van der Waals surface area contributed by atoms with Gasteiger partial charge in [0, 0.05) is 35.2 Å². The first-order valence-corrected chi connectivity index (χ1v) is 9.98. The minimum atomic E-state index is 0.0409. The molecule has 3 aromatic rings. The molecule has 142 valence electrons. The number of carbonyl (C=O) groups is 1. The van der Waals surface area contributed by atoms with E-state index in [1.54, 1.807) is 12.4 Å². The zero-order valence-corrected chi connectivity index (χ0v) is 16.1. The first kappa shape index (κ1) is 17.4. The molecular formula is C21H20ClN5O. The van der Waals surface area contributed by atoms with E-state index >= 15 is 0 Å². The average molecular weight is 394 g/mol. The van der Waals surface area contributed by atoms with Crippen LogP contribution in [0.25, 0.3) is 11.3 Å². The molecule has 1 aliphatic carbocycles. The van der Waals surface area contributed by atoms with Gasteiger partial charge < -0.3 is 4.90 Å². The minimum Gasteiger partial charge on any atom is -0.337 e. The van der Waals surface area contributed by atoms with Crippen molar-refractivity contribution in [2.75, 3.05) is 13.1 Å². The van der Waals surface area contributed by atoms with Crippen molar-refractivity contribution in [3.63, 3.8) is 0 Å². The normalized spacial score (nSPS) is 19.2. The Kier molecular flexibility index (Phi) is 4.36. The summed E-state index contributed by atoms with van der Waals surface area (Å²) in [5.41, 5.74) is 4.62. The van der Waals surface area contributed by atoms with E-state index in [2.05, 4.69) is 32.5 Å². The Bertz CT molecular complexity index is 997. The number of aromatic amines is 1. The first-order valence-electron chi connectivity index (χ1n) is 9.61. The summed E-state index contributed by atoms with van der Waals surface area (Å²) in [6.45, 7) is 1.47. The van der Waals surface area contributed by atoms with Gasteiger partial charge in [0.05, 0.1) is 18.1 Å². The van der Waals surface area contributed by atoms with Crippen LogP contribution >= 0.6 is 11.6 Å². The molecule has 1 N–H and O–H groups in total. The van der Waals surface area contributed by atoms with Crippen LogP contribution in [0.15, 0.2) is 42.7 Å². The third kappa shape index (κ3) is 3.18. The number of hydrogen-bond acceptors (Lipinski definition) is 4. The Balaban J connectivity index is 1.40. The van der Waals surface area contributed by atoms with Crippen LogP contribution in [0.1, 0.15) is 52.7 Å². The van der Waals surface area contributed by atoms with Gasteiger partial charge in [0.15, 0.2) is 0 Å². The molecule has 28 heavy (non-hydrogen) atoms. The molecule has 0 spiro atoms. The van der Waals surface area contributed by atoms with Crippen molar-refractivity contribution in [2.24, 2.45) is 0 Å². The summed E-state index contributed by atoms with van der Waals surface area (Å²) in [4.78, 5) is 15.2. The quantitative estimate of drug-likeness (QED) is 0.726. The van der Waals surface area contributed by atoms with Crippen LogP contribution in [0, 0.1) is 0 Å². The third-order valence-corrected chi connectivity index (χ3v) is 5.93. The maximum atomic E-state index is 13.3. The highest BCUT2D eigenvalue weighted by molar-refractivity contribution is 6.30. The molecule has 1 aliphatic heterocycles. The molecule has 0 radical (unpaired) electrons. The van der Waals surface area contributed by atoms with Gasteiger partial charge in [-0.3, -0.25) is 9.89 Å². The molecule has 1 saturated carbocycles. The molecule has 6 nitrogen and oxygen atoms in total. The van der Waals surface area contributed by atoms with Crippen molar-refractivity contribution in [1.29, 1.82) is 0 Å². The number of rotatable bonds is 4. The average Bonchev–Trinajstić information content (AvgIpc) is 3.28. The number of nitrogens with zero attached hydrogens (tertiary/aromatic N) is 4. The second kappa shape index (κ2) is 7.02. The van der Waals surface area contributed by atoms with Crippen molar-refractivity contribution in [3.8, 4) is 11.3 Å². The van der Waals surface area contributed by atoms with Gasteiger partial charge in [-0.25, -0.2) is 0 Å². The summed E-state index contributed by atoms with van der Waals surface area (Å²) >= 11 is 6.00. The van der Waals surface area contributed by atoms with E-state index in [1.807, 2.05) is 23.1 Å². The van der Waals surface area contributed by atoms with Crippen LogP contribution < -0.4 is 0 Å². The SMILES string of the molecule is O=C(c1[nH]nc(-c2ccnnc2)c1C1CC1)N1CCC(c2ccc(Cl)cc2)C1. The van der Waals surface area contributed by atoms with Crippen LogP contribution in [-0.4, -0.2) is 44.3 Å². The van der Waals surface area contributed by atoms with Crippen LogP contribution in [0.4, 0.5) is 0 Å². The fourth-order valence-corrected chi connectivity index (χ4v) is 4.17. The third-order valence-electron chi connectivity index (χ3n) is 5.68. The maximum absolute atomic E-state index is 13.3. The molecule has 2 aromatic heterocycles. The van der Waals surface area contributed by atoms with Crippen molar-refractivity contribution >= 4 is 17.5 Å². The molecule has 1 unspecified atom stereocenters. The fourth-order valence-electron chi connectivity index (χ4n) is 4.04. The maximum Gasteiger partial charge on any atom is 0.272 e. The van der Waals surface area contributed by atoms with Gasteiger partial charge in [-0.1, -0.05) is 23.7 Å². The predicted molar refractivity (Wildman–Crippen MR) is 106 cm³/mol. The first-order chi connectivity index (χ1) is 13.7. The molecule has 1 aromatic carbocycles. The van der Waals surface area contributed by atoms with Gasteiger partial charge >= 0.3 is 0 Å². The zero-order chi connectivity index (χ0) is 19.1. The van der Waals surface area contributed by atoms with Gasteiger partial charge in [-0.15, -0.1) is 0 Å². The van der Waals surface area contributed by atoms with Crippen LogP contribution in [0.5, 0.6) is 0 Å². The van der Waals surface area contributed by atoms with Crippen LogP contribution in [-0.2, 0) is 0 Å². The lowest BCUT2D eigenvalue weighted by molar-refractivity contribution is 0.0784. The van der Waals surface area contributed by atoms with Gasteiger partial charge in [0.2, 0.25) is 0 Å². The number of likely N-dealkylation sites (tertiary alicyclic amines) is 1. The number of aromatic nitrogens is 4. The van der Waals surface area contributed by atoms with Crippen molar-refractivity contribution < 1.29 is 4.79 Å². The van der Waals surface area contributed by atoms with E-state index in [9.17, 15) is 4.79 Å². The van der Waals surface area contributed by atoms with E-state index in [-0.39, 0.29) is 5.91 Å². The lowest BCUT2D eigenvalue weighted by Crippen LogP contribution is -2.29. The Morgan fingerprint density at radius 2 is 1.89 bits per heavy atom. The molecule has 5 rings (SSSR count). The zero-order valence-electron chi connectivity index (χ0n) is 15.3. The number of hydrogen-bond donors (Lipinski definition) is 1. The Hall–Kier alpha value is -2.73. The van der Waals surface area contributed by atoms with E-state index < -0.39 is 0 Å². The number of halogens is 1. The summed E-state index contributed by atoms with van der Waals surface area (Å²) in [6.07, 6.45) is 6.50. The Labute approximate surface area is 167 Å². The fraction of sp³-hybridized carbons (Fsp3) is 0.333. The summed E-state index contributed by atoms with van der Waals surface area (Å²) < 4.78 is 0. The molecule has 2 fully saturated rings. The van der Waals surface area contributed by atoms with Crippen molar-refractivity contribution in [1.82, 2.24) is 25.3 Å². The summed E-state index contributed by atoms with van der Waals surface area (Å²) in [7, 11) is 0. The Morgan fingerprint density at radius 1 is 1.07 bits per heavy atom. The van der Waals surface area contributed by atoms with E-state index in [1.165, 1.54) is 5.56 Å². The van der Waals surface area contributed by atoms with Crippen LogP contribution in [0.2, 0.25) is 5.02 Å². The molecule has 2 aliphatic rings. The smallest absolute Gasteiger partial charge is 0.272 e. The highest BCUT2D eigenvalue weighted by Gasteiger charge is 2.36. The summed E-state index contributed by atoms with van der Waals surface area (Å²) in [6, 6.07) is 9.82. The van der Waals surface area contributed by atoms with Crippen molar-refractivity contribution in [2.45, 2.75) is 31.1 Å². The molecule has 1 amide bonds. The number of carbonyl (C=O) groups excluding carboxylic acids is 1. The number of H-pyrrole nitrogens is 1. The summed E-state index contributed by atoms with van der Waals surface area (Å²) in [5.74, 6) is 0.784. The second-order valence-corrected chi connectivity index (χ2v) is 7.99. The molecular weight excluding hydrogens is 374 g/mol. The standard InChI is InChI=1S/C21H20ClN5O/c22-17-5-3-13(4-6-17)16-8-10-27(12-16)21(28)20-18(14-1-2-14)19(25-26-20)15-7-9-23-24-11-15/h3-7,9,11,14,16H,1-2,8,10,12H2,(H,25,26). The van der Waals surface area contributed by atoms with Crippen molar-refractivity contribution in [3.05, 3.63) is 64.6 Å². The van der Waals surface area contributed by atoms with E-state index in [4.69, 9.17) is 11.6 Å². The lowest BCUT2D eigenvalue weighted by Gasteiger charge is -2.17. The molecule has 1 saturated heterocycles. The van der Waals surface area contributed by atoms with E-state index in [0.717, 1.165) is 54.2 Å².